The molecule has 5 rings (SSSR count). The summed E-state index contributed by atoms with van der Waals surface area (Å²) >= 11 is 3.16. The highest BCUT2D eigenvalue weighted by Crippen LogP contribution is 2.35. The van der Waals surface area contributed by atoms with E-state index in [0.29, 0.717) is 5.13 Å². The summed E-state index contributed by atoms with van der Waals surface area (Å²) in [4.78, 5) is 28.9. The lowest BCUT2D eigenvalue weighted by molar-refractivity contribution is -0.115. The summed E-state index contributed by atoms with van der Waals surface area (Å²) in [7, 11) is 0. The van der Waals surface area contributed by atoms with E-state index in [0.717, 1.165) is 45.2 Å². The largest absolute Gasteiger partial charge is 0.302 e. The van der Waals surface area contributed by atoms with Gasteiger partial charge < -0.3 is 5.32 Å². The average Bonchev–Trinajstić information content (AvgIpc) is 3.38. The maximum atomic E-state index is 12.9. The topological polar surface area (TPSA) is 67.8 Å². The minimum Gasteiger partial charge on any atom is -0.302 e. The van der Waals surface area contributed by atoms with Crippen molar-refractivity contribution in [1.29, 1.82) is 0 Å². The van der Waals surface area contributed by atoms with Crippen LogP contribution in [0.15, 0.2) is 48.8 Å². The number of carbonyl (C=O) groups is 1. The molecular weight excluding hydrogens is 424 g/mol. The van der Waals surface area contributed by atoms with Gasteiger partial charge in [0.1, 0.15) is 5.01 Å². The minimum absolute atomic E-state index is 0.0548. The molecule has 156 valence electrons. The second-order valence-corrected chi connectivity index (χ2v) is 9.89. The number of hydrogen-bond acceptors (Lipinski definition) is 6. The summed E-state index contributed by atoms with van der Waals surface area (Å²) in [5.74, 6) is -0.0548. The molecule has 7 heteroatoms. The Balaban J connectivity index is 1.42. The maximum absolute atomic E-state index is 12.9. The van der Waals surface area contributed by atoms with Crippen molar-refractivity contribution in [1.82, 2.24) is 15.0 Å². The van der Waals surface area contributed by atoms with E-state index in [1.807, 2.05) is 18.3 Å². The Kier molecular flexibility index (Phi) is 5.61. The van der Waals surface area contributed by atoms with Crippen LogP contribution >= 0.6 is 22.7 Å². The van der Waals surface area contributed by atoms with Crippen LogP contribution < -0.4 is 5.32 Å². The molecule has 0 atom stereocenters. The van der Waals surface area contributed by atoms with Gasteiger partial charge in [0.25, 0.3) is 0 Å². The van der Waals surface area contributed by atoms with Crippen LogP contribution in [0.1, 0.15) is 33.9 Å². The molecule has 0 spiro atoms. The van der Waals surface area contributed by atoms with Gasteiger partial charge in [0.2, 0.25) is 5.91 Å². The molecule has 31 heavy (non-hydrogen) atoms. The summed E-state index contributed by atoms with van der Waals surface area (Å²) in [6.07, 6.45) is 8.31. The van der Waals surface area contributed by atoms with Crippen molar-refractivity contribution in [3.05, 3.63) is 69.8 Å². The average molecular weight is 447 g/mol. The second-order valence-electron chi connectivity index (χ2n) is 7.72. The van der Waals surface area contributed by atoms with E-state index in [1.165, 1.54) is 23.3 Å². The third-order valence-electron chi connectivity index (χ3n) is 5.34. The van der Waals surface area contributed by atoms with E-state index >= 15 is 0 Å². The Labute approximate surface area is 189 Å². The van der Waals surface area contributed by atoms with Crippen LogP contribution in [-0.4, -0.2) is 20.9 Å². The molecular formula is C24H22N4OS2. The number of benzene rings is 1. The lowest BCUT2D eigenvalue weighted by atomic mass is 10.0. The van der Waals surface area contributed by atoms with E-state index < -0.39 is 0 Å². The molecule has 1 aliphatic carbocycles. The fraction of sp³-hybridized carbons (Fsp3) is 0.250. The zero-order valence-corrected chi connectivity index (χ0v) is 18.9. The number of pyridine rings is 1. The highest BCUT2D eigenvalue weighted by molar-refractivity contribution is 7.16. The molecule has 1 N–H and O–H groups in total. The van der Waals surface area contributed by atoms with Crippen LogP contribution in [0.25, 0.3) is 21.8 Å². The summed E-state index contributed by atoms with van der Waals surface area (Å²) < 4.78 is 0. The van der Waals surface area contributed by atoms with Crippen molar-refractivity contribution < 1.29 is 4.79 Å². The molecule has 3 aromatic heterocycles. The van der Waals surface area contributed by atoms with Gasteiger partial charge in [-0.25, -0.2) is 9.97 Å². The zero-order valence-electron chi connectivity index (χ0n) is 17.2. The summed E-state index contributed by atoms with van der Waals surface area (Å²) in [5.41, 5.74) is 5.18. The molecule has 0 aliphatic heterocycles. The normalized spacial score (nSPS) is 13.1. The lowest BCUT2D eigenvalue weighted by Crippen LogP contribution is -2.14. The first-order chi connectivity index (χ1) is 15.2. The molecule has 0 unspecified atom stereocenters. The van der Waals surface area contributed by atoms with Crippen molar-refractivity contribution in [2.45, 2.75) is 39.0 Å². The molecule has 0 fully saturated rings. The van der Waals surface area contributed by atoms with Crippen LogP contribution in [-0.2, 0) is 24.1 Å². The molecule has 1 amide bonds. The SMILES string of the molecule is Cc1ccc(-c2nc(-c3cccnc3)sc2CC(=O)Nc2nc3c(s2)CCCC3)cc1. The highest BCUT2D eigenvalue weighted by atomic mass is 32.1. The Bertz CT molecular complexity index is 1190. The number of amides is 1. The van der Waals surface area contributed by atoms with Crippen LogP contribution in [0.5, 0.6) is 0 Å². The number of anilines is 1. The number of aromatic nitrogens is 3. The third-order valence-corrected chi connectivity index (χ3v) is 7.52. The second kappa shape index (κ2) is 8.69. The molecule has 3 heterocycles. The molecule has 1 aliphatic rings. The van der Waals surface area contributed by atoms with E-state index in [1.54, 1.807) is 28.9 Å². The third kappa shape index (κ3) is 4.43. The van der Waals surface area contributed by atoms with Crippen molar-refractivity contribution in [2.24, 2.45) is 0 Å². The fourth-order valence-corrected chi connectivity index (χ4v) is 5.87. The number of fused-ring (bicyclic) bond motifs is 1. The van der Waals surface area contributed by atoms with Crippen molar-refractivity contribution >= 4 is 33.7 Å². The van der Waals surface area contributed by atoms with Gasteiger partial charge in [-0.2, -0.15) is 0 Å². The van der Waals surface area contributed by atoms with Gasteiger partial charge >= 0.3 is 0 Å². The van der Waals surface area contributed by atoms with Gasteiger partial charge in [0.15, 0.2) is 5.13 Å². The Morgan fingerprint density at radius 2 is 1.87 bits per heavy atom. The van der Waals surface area contributed by atoms with E-state index in [2.05, 4.69) is 46.5 Å². The quantitative estimate of drug-likeness (QED) is 0.427. The monoisotopic (exact) mass is 446 g/mol. The first kappa shape index (κ1) is 20.0. The standard InChI is InChI=1S/C24H22N4OS2/c1-15-8-10-16(11-9-15)22-20(30-23(28-22)17-5-4-12-25-14-17)13-21(29)27-24-26-18-6-2-3-7-19(18)31-24/h4-5,8-12,14H,2-3,6-7,13H2,1H3,(H,26,27,29). The number of nitrogens with one attached hydrogen (secondary N) is 1. The molecule has 5 nitrogen and oxygen atoms in total. The van der Waals surface area contributed by atoms with Gasteiger partial charge in [-0.3, -0.25) is 9.78 Å². The van der Waals surface area contributed by atoms with E-state index in [9.17, 15) is 4.79 Å². The number of carbonyl (C=O) groups excluding carboxylic acids is 1. The number of hydrogen-bond donors (Lipinski definition) is 1. The van der Waals surface area contributed by atoms with Gasteiger partial charge in [0, 0.05) is 33.3 Å². The zero-order chi connectivity index (χ0) is 21.2. The predicted molar refractivity (Wildman–Crippen MR) is 127 cm³/mol. The minimum atomic E-state index is -0.0548. The number of rotatable bonds is 5. The van der Waals surface area contributed by atoms with E-state index in [-0.39, 0.29) is 12.3 Å². The van der Waals surface area contributed by atoms with Crippen molar-refractivity contribution in [2.75, 3.05) is 5.32 Å². The van der Waals surface area contributed by atoms with Crippen LogP contribution in [0.3, 0.4) is 0 Å². The summed E-state index contributed by atoms with van der Waals surface area (Å²) in [6, 6.07) is 12.2. The van der Waals surface area contributed by atoms with Crippen molar-refractivity contribution in [3.63, 3.8) is 0 Å². The van der Waals surface area contributed by atoms with E-state index in [4.69, 9.17) is 4.98 Å². The first-order valence-electron chi connectivity index (χ1n) is 10.4. The van der Waals surface area contributed by atoms with Crippen LogP contribution in [0.4, 0.5) is 5.13 Å². The Morgan fingerprint density at radius 3 is 2.65 bits per heavy atom. The number of nitrogens with zero attached hydrogens (tertiary/aromatic N) is 3. The fourth-order valence-electron chi connectivity index (χ4n) is 3.74. The van der Waals surface area contributed by atoms with Crippen molar-refractivity contribution in [3.8, 4) is 21.8 Å². The lowest BCUT2D eigenvalue weighted by Gasteiger charge is -2.06. The molecule has 0 radical (unpaired) electrons. The van der Waals surface area contributed by atoms with Gasteiger partial charge in [0.05, 0.1) is 17.8 Å². The van der Waals surface area contributed by atoms with Crippen LogP contribution in [0, 0.1) is 6.92 Å². The Hall–Kier alpha value is -2.90. The molecule has 0 saturated carbocycles. The molecule has 0 bridgehead atoms. The smallest absolute Gasteiger partial charge is 0.231 e. The molecule has 4 aromatic rings. The van der Waals surface area contributed by atoms with Gasteiger partial charge in [-0.1, -0.05) is 29.8 Å². The Morgan fingerprint density at radius 1 is 1.03 bits per heavy atom. The first-order valence-corrected chi connectivity index (χ1v) is 12.0. The molecule has 1 aromatic carbocycles. The molecule has 0 saturated heterocycles. The predicted octanol–water partition coefficient (Wildman–Crippen LogP) is 5.70. The number of aryl methyl sites for hydroxylation is 3. The van der Waals surface area contributed by atoms with Gasteiger partial charge in [-0.15, -0.1) is 22.7 Å². The maximum Gasteiger partial charge on any atom is 0.231 e. The highest BCUT2D eigenvalue weighted by Gasteiger charge is 2.20. The number of thiazole rings is 2. The van der Waals surface area contributed by atoms with Crippen LogP contribution in [0.2, 0.25) is 0 Å². The summed E-state index contributed by atoms with van der Waals surface area (Å²) in [5, 5.41) is 4.60. The summed E-state index contributed by atoms with van der Waals surface area (Å²) in [6.45, 7) is 2.06. The van der Waals surface area contributed by atoms with Gasteiger partial charge in [-0.05, 0) is 44.7 Å².